The Bertz CT molecular complexity index is 649. The highest BCUT2D eigenvalue weighted by Crippen LogP contribution is 2.23. The van der Waals surface area contributed by atoms with Crippen LogP contribution < -0.4 is 5.73 Å². The van der Waals surface area contributed by atoms with Crippen molar-refractivity contribution in [2.75, 3.05) is 0 Å². The molecular formula is C15H15N3OS. The Morgan fingerprint density at radius 3 is 2.65 bits per heavy atom. The normalized spacial score (nSPS) is 12.4. The molecule has 3 rings (SSSR count). The van der Waals surface area contributed by atoms with Gasteiger partial charge in [0.2, 0.25) is 0 Å². The van der Waals surface area contributed by atoms with Gasteiger partial charge in [-0.3, -0.25) is 0 Å². The average molecular weight is 285 g/mol. The summed E-state index contributed by atoms with van der Waals surface area (Å²) in [5.74, 6) is 0.967. The lowest BCUT2D eigenvalue weighted by molar-refractivity contribution is 0.508. The Labute approximate surface area is 121 Å². The Morgan fingerprint density at radius 2 is 1.90 bits per heavy atom. The topological polar surface area (TPSA) is 64.9 Å². The molecule has 0 aliphatic heterocycles. The van der Waals surface area contributed by atoms with Crippen LogP contribution in [-0.2, 0) is 12.8 Å². The zero-order valence-electron chi connectivity index (χ0n) is 10.9. The first-order valence-corrected chi connectivity index (χ1v) is 7.30. The minimum Gasteiger partial charge on any atom is -0.469 e. The molecule has 102 valence electrons. The van der Waals surface area contributed by atoms with E-state index in [-0.39, 0.29) is 6.04 Å². The highest BCUT2D eigenvalue weighted by molar-refractivity contribution is 7.11. The minimum absolute atomic E-state index is 0.203. The minimum atomic E-state index is -0.203. The molecule has 0 radical (unpaired) electrons. The summed E-state index contributed by atoms with van der Waals surface area (Å²) in [5, 5.41) is 10.3. The predicted molar refractivity (Wildman–Crippen MR) is 78.5 cm³/mol. The lowest BCUT2D eigenvalue weighted by Gasteiger charge is -2.06. The summed E-state index contributed by atoms with van der Waals surface area (Å²) in [7, 11) is 0. The number of hydrogen-bond donors (Lipinski definition) is 1. The largest absolute Gasteiger partial charge is 0.469 e. The second-order valence-electron chi connectivity index (χ2n) is 4.50. The molecule has 3 aromatic rings. The van der Waals surface area contributed by atoms with E-state index in [9.17, 15) is 0 Å². The van der Waals surface area contributed by atoms with Crippen molar-refractivity contribution in [2.45, 2.75) is 18.9 Å². The molecule has 0 amide bonds. The first kappa shape index (κ1) is 13.0. The molecule has 2 aromatic heterocycles. The monoisotopic (exact) mass is 285 g/mol. The fourth-order valence-electron chi connectivity index (χ4n) is 1.98. The van der Waals surface area contributed by atoms with Crippen LogP contribution in [0.25, 0.3) is 0 Å². The van der Waals surface area contributed by atoms with E-state index in [2.05, 4.69) is 10.2 Å². The number of benzene rings is 1. The number of hydrogen-bond acceptors (Lipinski definition) is 5. The second kappa shape index (κ2) is 5.98. The van der Waals surface area contributed by atoms with E-state index < -0.39 is 0 Å². The highest BCUT2D eigenvalue weighted by atomic mass is 32.1. The highest BCUT2D eigenvalue weighted by Gasteiger charge is 2.14. The van der Waals surface area contributed by atoms with Gasteiger partial charge in [0.1, 0.15) is 15.8 Å². The standard InChI is InChI=1S/C15H15N3OS/c16-14(11-5-2-1-3-6-11)15-18-17-13(20-15)9-8-12-7-4-10-19-12/h1-7,10,14H,8-9,16H2. The molecule has 4 nitrogen and oxygen atoms in total. The van der Waals surface area contributed by atoms with Crippen LogP contribution in [0.3, 0.4) is 0 Å². The number of aromatic nitrogens is 2. The van der Waals surface area contributed by atoms with Crippen LogP contribution in [0.1, 0.15) is 27.4 Å². The summed E-state index contributed by atoms with van der Waals surface area (Å²) in [6, 6.07) is 13.6. The van der Waals surface area contributed by atoms with Crippen LogP contribution in [0.2, 0.25) is 0 Å². The summed E-state index contributed by atoms with van der Waals surface area (Å²) >= 11 is 1.57. The van der Waals surface area contributed by atoms with Crippen molar-refractivity contribution in [3.05, 3.63) is 70.1 Å². The van der Waals surface area contributed by atoms with Gasteiger partial charge in [-0.15, -0.1) is 10.2 Å². The third-order valence-electron chi connectivity index (χ3n) is 3.07. The molecule has 0 bridgehead atoms. The van der Waals surface area contributed by atoms with Gasteiger partial charge in [0.15, 0.2) is 0 Å². The zero-order valence-corrected chi connectivity index (χ0v) is 11.7. The third-order valence-corrected chi connectivity index (χ3v) is 4.14. The zero-order chi connectivity index (χ0) is 13.8. The quantitative estimate of drug-likeness (QED) is 0.782. The molecule has 0 fully saturated rings. The molecule has 0 spiro atoms. The summed E-state index contributed by atoms with van der Waals surface area (Å²) < 4.78 is 5.31. The maximum atomic E-state index is 6.21. The van der Waals surface area contributed by atoms with E-state index in [1.165, 1.54) is 0 Å². The lowest BCUT2D eigenvalue weighted by atomic mass is 10.1. The van der Waals surface area contributed by atoms with Gasteiger partial charge in [-0.1, -0.05) is 41.7 Å². The Morgan fingerprint density at radius 1 is 1.05 bits per heavy atom. The van der Waals surface area contributed by atoms with Crippen LogP contribution in [0.15, 0.2) is 53.1 Å². The van der Waals surface area contributed by atoms with Crippen molar-refractivity contribution >= 4 is 11.3 Å². The molecule has 0 saturated carbocycles. The van der Waals surface area contributed by atoms with Crippen molar-refractivity contribution in [2.24, 2.45) is 5.73 Å². The molecule has 1 unspecified atom stereocenters. The van der Waals surface area contributed by atoms with E-state index in [4.69, 9.17) is 10.2 Å². The van der Waals surface area contributed by atoms with Crippen LogP contribution in [0.4, 0.5) is 0 Å². The molecule has 0 saturated heterocycles. The molecule has 0 aliphatic carbocycles. The number of nitrogens with two attached hydrogens (primary N) is 1. The Kier molecular flexibility index (Phi) is 3.90. The van der Waals surface area contributed by atoms with E-state index in [0.717, 1.165) is 34.2 Å². The van der Waals surface area contributed by atoms with Crippen LogP contribution in [-0.4, -0.2) is 10.2 Å². The molecule has 1 aromatic carbocycles. The maximum absolute atomic E-state index is 6.21. The van der Waals surface area contributed by atoms with Gasteiger partial charge < -0.3 is 10.2 Å². The Balaban J connectivity index is 1.67. The van der Waals surface area contributed by atoms with Gasteiger partial charge >= 0.3 is 0 Å². The first-order chi connectivity index (χ1) is 9.83. The summed E-state index contributed by atoms with van der Waals surface area (Å²) in [5.41, 5.74) is 7.27. The summed E-state index contributed by atoms with van der Waals surface area (Å²) in [4.78, 5) is 0. The van der Waals surface area contributed by atoms with Crippen molar-refractivity contribution in [3.63, 3.8) is 0 Å². The number of rotatable bonds is 5. The number of aryl methyl sites for hydroxylation is 2. The van der Waals surface area contributed by atoms with Gasteiger partial charge in [-0.25, -0.2) is 0 Å². The van der Waals surface area contributed by atoms with E-state index in [1.807, 2.05) is 42.5 Å². The second-order valence-corrected chi connectivity index (χ2v) is 5.60. The van der Waals surface area contributed by atoms with Gasteiger partial charge in [0, 0.05) is 12.8 Å². The van der Waals surface area contributed by atoms with Crippen LogP contribution >= 0.6 is 11.3 Å². The summed E-state index contributed by atoms with van der Waals surface area (Å²) in [6.07, 6.45) is 3.35. The van der Waals surface area contributed by atoms with E-state index >= 15 is 0 Å². The average Bonchev–Trinajstić information content (AvgIpc) is 3.17. The molecule has 2 N–H and O–H groups in total. The van der Waals surface area contributed by atoms with Gasteiger partial charge in [-0.05, 0) is 17.7 Å². The summed E-state index contributed by atoms with van der Waals surface area (Å²) in [6.45, 7) is 0. The van der Waals surface area contributed by atoms with Gasteiger partial charge in [0.05, 0.1) is 12.3 Å². The van der Waals surface area contributed by atoms with Crippen molar-refractivity contribution in [1.82, 2.24) is 10.2 Å². The smallest absolute Gasteiger partial charge is 0.138 e. The van der Waals surface area contributed by atoms with Gasteiger partial charge in [0.25, 0.3) is 0 Å². The molecule has 20 heavy (non-hydrogen) atoms. The molecule has 1 atom stereocenters. The van der Waals surface area contributed by atoms with E-state index in [0.29, 0.717) is 0 Å². The molecule has 0 aliphatic rings. The predicted octanol–water partition coefficient (Wildman–Crippen LogP) is 2.96. The van der Waals surface area contributed by atoms with E-state index in [1.54, 1.807) is 17.6 Å². The van der Waals surface area contributed by atoms with Crippen LogP contribution in [0.5, 0.6) is 0 Å². The molecule has 2 heterocycles. The van der Waals surface area contributed by atoms with Crippen molar-refractivity contribution < 1.29 is 4.42 Å². The first-order valence-electron chi connectivity index (χ1n) is 6.48. The lowest BCUT2D eigenvalue weighted by Crippen LogP contribution is -2.11. The maximum Gasteiger partial charge on any atom is 0.138 e. The molecule has 5 heteroatoms. The molecular weight excluding hydrogens is 270 g/mol. The van der Waals surface area contributed by atoms with Crippen molar-refractivity contribution in [3.8, 4) is 0 Å². The Hall–Kier alpha value is -1.98. The SMILES string of the molecule is NC(c1ccccc1)c1nnc(CCc2ccco2)s1. The van der Waals surface area contributed by atoms with Crippen molar-refractivity contribution in [1.29, 1.82) is 0 Å². The van der Waals surface area contributed by atoms with Gasteiger partial charge in [-0.2, -0.15) is 0 Å². The van der Waals surface area contributed by atoms with Crippen LogP contribution in [0, 0.1) is 0 Å². The fraction of sp³-hybridized carbons (Fsp3) is 0.200. The number of nitrogens with zero attached hydrogens (tertiary/aromatic N) is 2. The third kappa shape index (κ3) is 2.95. The fourth-order valence-corrected chi connectivity index (χ4v) is 2.85. The number of furan rings is 1.